The molecule has 12 bridgehead atoms. The molecule has 0 radical (unpaired) electrons. The lowest BCUT2D eigenvalue weighted by atomic mass is 9.90. The maximum Gasteiger partial charge on any atom is 0.260 e. The fourth-order valence-electron chi connectivity index (χ4n) is 14.1. The second-order valence-corrected chi connectivity index (χ2v) is 25.8. The number of methoxy groups -OCH3 is 6. The van der Waals surface area contributed by atoms with Gasteiger partial charge < -0.3 is 86.2 Å². The van der Waals surface area contributed by atoms with Crippen LogP contribution in [0.1, 0.15) is 150 Å². The Morgan fingerprint density at radius 3 is 0.398 bits per heavy atom. The number of nitrogens with zero attached hydrogens (tertiary/aromatic N) is 6. The van der Waals surface area contributed by atoms with Gasteiger partial charge in [0.2, 0.25) is 0 Å². The van der Waals surface area contributed by atoms with Gasteiger partial charge in [0.1, 0.15) is 69.0 Å². The molecular weight excluding hydrogens is 1380 g/mol. The van der Waals surface area contributed by atoms with Gasteiger partial charge in [0.25, 0.3) is 35.4 Å². The lowest BCUT2D eigenvalue weighted by Crippen LogP contribution is -2.34. The van der Waals surface area contributed by atoms with Gasteiger partial charge in [0.15, 0.2) is 39.6 Å². The Morgan fingerprint density at radius 1 is 0.213 bits per heavy atom. The summed E-state index contributed by atoms with van der Waals surface area (Å²) < 4.78 is 78.6. The molecule has 6 aromatic rings. The maximum absolute atomic E-state index is 13.9. The van der Waals surface area contributed by atoms with E-state index in [1.807, 2.05) is 156 Å². The number of ether oxygens (including phenoxy) is 12. The van der Waals surface area contributed by atoms with E-state index in [-0.39, 0.29) is 114 Å². The van der Waals surface area contributed by atoms with Crippen LogP contribution in [0.3, 0.4) is 0 Å². The topological polar surface area (TPSA) is 233 Å². The highest BCUT2D eigenvalue weighted by Crippen LogP contribution is 2.45. The summed E-state index contributed by atoms with van der Waals surface area (Å²) in [5, 5.41) is 0. The van der Waals surface area contributed by atoms with E-state index in [0.717, 1.165) is 0 Å². The van der Waals surface area contributed by atoms with E-state index in [4.69, 9.17) is 56.8 Å². The van der Waals surface area contributed by atoms with E-state index in [9.17, 15) is 28.8 Å². The van der Waals surface area contributed by atoms with Gasteiger partial charge in [-0.15, -0.1) is 0 Å². The summed E-state index contributed by atoms with van der Waals surface area (Å²) in [7, 11) is 9.50. The van der Waals surface area contributed by atoms with Crippen LogP contribution in [0.4, 0.5) is 0 Å². The summed E-state index contributed by atoms with van der Waals surface area (Å²) in [6, 6.07) is 22.1. The van der Waals surface area contributed by atoms with E-state index in [2.05, 4.69) is 0 Å². The average Bonchev–Trinajstić information content (AvgIpc) is 0.780. The lowest BCUT2D eigenvalue weighted by Gasteiger charge is -2.24. The quantitative estimate of drug-likeness (QED) is 0.0355. The Labute approximate surface area is 638 Å². The van der Waals surface area contributed by atoms with E-state index < -0.39 is 0 Å². The minimum atomic E-state index is -0.279. The molecule has 0 saturated heterocycles. The van der Waals surface area contributed by atoms with Crippen molar-refractivity contribution in [1.82, 2.24) is 29.4 Å². The molecule has 0 unspecified atom stereocenters. The summed E-state index contributed by atoms with van der Waals surface area (Å²) >= 11 is 0. The normalized spacial score (nSPS) is 11.7. The van der Waals surface area contributed by atoms with Gasteiger partial charge in [-0.05, 0) is 156 Å². The van der Waals surface area contributed by atoms with Crippen molar-refractivity contribution in [1.29, 1.82) is 0 Å². The van der Waals surface area contributed by atoms with E-state index in [1.165, 1.54) is 0 Å². The first-order valence-electron chi connectivity index (χ1n) is 37.8. The van der Waals surface area contributed by atoms with Crippen LogP contribution in [0.5, 0.6) is 69.0 Å². The van der Waals surface area contributed by atoms with Crippen molar-refractivity contribution in [3.8, 4) is 69.0 Å². The minimum Gasteiger partial charge on any atom is -0.496 e. The zero-order valence-corrected chi connectivity index (χ0v) is 66.9. The largest absolute Gasteiger partial charge is 0.496 e. The monoisotopic (exact) mass is 1490 g/mol. The van der Waals surface area contributed by atoms with E-state index >= 15 is 0 Å². The van der Waals surface area contributed by atoms with E-state index in [1.54, 1.807) is 72.1 Å². The Kier molecular flexibility index (Phi) is 32.9. The molecule has 7 rings (SSSR count). The van der Waals surface area contributed by atoms with Gasteiger partial charge in [-0.2, -0.15) is 0 Å². The van der Waals surface area contributed by atoms with Crippen molar-refractivity contribution >= 4 is 35.4 Å². The number of amides is 6. The molecule has 0 spiro atoms. The fraction of sp³-hybridized carbons (Fsp3) is 0.500. The van der Waals surface area contributed by atoms with Crippen LogP contribution < -0.4 is 56.8 Å². The molecule has 588 valence electrons. The van der Waals surface area contributed by atoms with Crippen LogP contribution >= 0.6 is 0 Å². The Morgan fingerprint density at radius 2 is 0.315 bits per heavy atom. The molecule has 0 aliphatic heterocycles. The number of fused-ring (bicyclic) bond motifs is 12. The van der Waals surface area contributed by atoms with Crippen molar-refractivity contribution in [2.45, 2.75) is 122 Å². The highest BCUT2D eigenvalue weighted by atomic mass is 16.5. The first-order chi connectivity index (χ1) is 52.1. The van der Waals surface area contributed by atoms with Crippen molar-refractivity contribution in [2.75, 3.05) is 161 Å². The van der Waals surface area contributed by atoms with Crippen molar-refractivity contribution in [3.63, 3.8) is 0 Å². The van der Waals surface area contributed by atoms with Crippen molar-refractivity contribution in [3.05, 3.63) is 140 Å². The molecule has 0 atom stereocenters. The van der Waals surface area contributed by atoms with Crippen LogP contribution in [0.2, 0.25) is 0 Å². The van der Waals surface area contributed by atoms with Crippen LogP contribution in [-0.2, 0) is 67.3 Å². The highest BCUT2D eigenvalue weighted by Gasteiger charge is 2.29. The van der Waals surface area contributed by atoms with Gasteiger partial charge in [-0.25, -0.2) is 0 Å². The van der Waals surface area contributed by atoms with Crippen molar-refractivity contribution < 1.29 is 85.6 Å². The fourth-order valence-corrected chi connectivity index (χ4v) is 14.1. The zero-order chi connectivity index (χ0) is 78.7. The second kappa shape index (κ2) is 41.7. The number of carbonyl (C=O) groups excluding carboxylic acids is 6. The Balaban J connectivity index is 1.65. The molecule has 0 saturated carbocycles. The van der Waals surface area contributed by atoms with Gasteiger partial charge in [0, 0.05) is 184 Å². The zero-order valence-electron chi connectivity index (χ0n) is 66.9. The summed E-state index contributed by atoms with van der Waals surface area (Å²) in [4.78, 5) is 93.3. The second-order valence-electron chi connectivity index (χ2n) is 25.8. The molecule has 24 heteroatoms. The maximum atomic E-state index is 13.9. The number of benzene rings is 6. The first kappa shape index (κ1) is 85.0. The van der Waals surface area contributed by atoms with Crippen LogP contribution in [0, 0.1) is 0 Å². The molecular formula is C84H114N6O18. The predicted molar refractivity (Wildman–Crippen MR) is 415 cm³/mol. The Hall–Kier alpha value is -10.3. The number of hydrogen-bond acceptors (Lipinski definition) is 18. The molecule has 1 aliphatic rings. The predicted octanol–water partition coefficient (Wildman–Crippen LogP) is 11.1. The number of hydrogen-bond donors (Lipinski definition) is 0. The molecule has 6 amide bonds. The molecule has 0 fully saturated rings. The first-order valence-corrected chi connectivity index (χ1v) is 37.8. The summed E-state index contributed by atoms with van der Waals surface area (Å²) in [5.74, 6) is 3.57. The van der Waals surface area contributed by atoms with E-state index in [0.29, 0.717) is 214 Å². The smallest absolute Gasteiger partial charge is 0.260 e. The average molecular weight is 1500 g/mol. The molecule has 6 aromatic carbocycles. The standard InChI is InChI=1S/C84H114N6O18/c1-19-85(20-2)73(91)49-103-67-37-55-31-57-39-68(104-50-74(92)86(21-3)22-4)41-59(80(57)98-14)33-61-43-70(106-52-76(94)88(25-7)26-8)45-63(82(61)100-16)35-65-47-72(108-54-78(96)90(29-11)30-12)48-66(84(65)102-18)36-64-46-71(107-53-77(95)89(27-9)28-10)44-62(83(64)101-17)34-60-42-69(105-51-75(93)87(23-5)24-6)40-58(81(60)99-15)32-56(38-67)79(55)97-13/h37-48H,19-36,49-54H2,1-18H3. The third-order valence-electron chi connectivity index (χ3n) is 19.7. The van der Waals surface area contributed by atoms with Crippen LogP contribution in [0.15, 0.2) is 72.8 Å². The summed E-state index contributed by atoms with van der Waals surface area (Å²) in [5.41, 5.74) is 7.39. The van der Waals surface area contributed by atoms with Gasteiger partial charge in [0.05, 0.1) is 42.7 Å². The van der Waals surface area contributed by atoms with Gasteiger partial charge >= 0.3 is 0 Å². The molecule has 0 heterocycles. The van der Waals surface area contributed by atoms with Crippen molar-refractivity contribution in [2.24, 2.45) is 0 Å². The molecule has 24 nitrogen and oxygen atoms in total. The third kappa shape index (κ3) is 21.5. The van der Waals surface area contributed by atoms with Gasteiger partial charge in [-0.3, -0.25) is 28.8 Å². The van der Waals surface area contributed by atoms with Crippen LogP contribution in [-0.4, -0.2) is 226 Å². The molecule has 0 aromatic heterocycles. The molecule has 1 aliphatic carbocycles. The van der Waals surface area contributed by atoms with Crippen LogP contribution in [0.25, 0.3) is 0 Å². The summed E-state index contributed by atoms with van der Waals surface area (Å²) in [6.45, 7) is 27.0. The number of carbonyl (C=O) groups is 6. The molecule has 0 N–H and O–H groups in total. The number of likely N-dealkylation sites (N-methyl/N-ethyl adjacent to an activating group) is 6. The molecule has 108 heavy (non-hydrogen) atoms. The minimum absolute atomic E-state index is 0.106. The number of rotatable bonds is 36. The summed E-state index contributed by atoms with van der Waals surface area (Å²) in [6.07, 6.45) is 0.636. The Bertz CT molecular complexity index is 3240. The lowest BCUT2D eigenvalue weighted by molar-refractivity contribution is -0.133. The SMILES string of the molecule is CCN(CC)C(=O)COc1cc2c(OC)c(c1)Cc1cc(OCC(=O)N(CC)CC)cc(c1OC)Cc1cc(OCC(=O)N(CC)CC)cc(c1OC)Cc1cc(OCC(=O)N(CC)CC)cc(c1OC)Cc1cc(OCC(=O)N(CC)CC)cc(c1OC)Cc1cc(OCC(=O)N(CC)CC)cc(c1OC)C2. The van der Waals surface area contributed by atoms with Gasteiger partial charge in [-0.1, -0.05) is 0 Å². The highest BCUT2D eigenvalue weighted by molar-refractivity contribution is 5.80. The third-order valence-corrected chi connectivity index (χ3v) is 19.7.